The molecule has 27 heavy (non-hydrogen) atoms. The zero-order valence-corrected chi connectivity index (χ0v) is 14.6. The summed E-state index contributed by atoms with van der Waals surface area (Å²) < 4.78 is 39.8. The average molecular weight is 395 g/mol. The summed E-state index contributed by atoms with van der Waals surface area (Å²) in [5, 5.41) is 9.75. The van der Waals surface area contributed by atoms with Gasteiger partial charge in [0.05, 0.1) is 24.0 Å². The van der Waals surface area contributed by atoms with Crippen LogP contribution in [-0.2, 0) is 12.7 Å². The van der Waals surface area contributed by atoms with Crippen molar-refractivity contribution in [2.24, 2.45) is 0 Å². The number of alkyl halides is 3. The van der Waals surface area contributed by atoms with Crippen LogP contribution in [0.5, 0.6) is 0 Å². The summed E-state index contributed by atoms with van der Waals surface area (Å²) in [6, 6.07) is 11.2. The first-order valence-electron chi connectivity index (χ1n) is 7.82. The van der Waals surface area contributed by atoms with Gasteiger partial charge in [0, 0.05) is 16.9 Å². The fraction of sp³-hybridized carbons (Fsp3) is 0.111. The highest BCUT2D eigenvalue weighted by Crippen LogP contribution is 2.29. The van der Waals surface area contributed by atoms with Crippen LogP contribution in [0.2, 0.25) is 5.02 Å². The van der Waals surface area contributed by atoms with E-state index in [1.54, 1.807) is 30.3 Å². The normalized spacial score (nSPS) is 11.3. The molecule has 1 aromatic heterocycles. The van der Waals surface area contributed by atoms with Gasteiger partial charge in [-0.25, -0.2) is 4.79 Å². The van der Waals surface area contributed by atoms with Gasteiger partial charge >= 0.3 is 12.2 Å². The van der Waals surface area contributed by atoms with Crippen LogP contribution in [0.15, 0.2) is 60.9 Å². The van der Waals surface area contributed by atoms with E-state index in [0.29, 0.717) is 22.0 Å². The Kier molecular flexibility index (Phi) is 5.36. The Morgan fingerprint density at radius 3 is 2.56 bits per heavy atom. The Morgan fingerprint density at radius 1 is 1.07 bits per heavy atom. The van der Waals surface area contributed by atoms with E-state index in [-0.39, 0.29) is 6.54 Å². The topological polar surface area (TPSA) is 59.0 Å². The van der Waals surface area contributed by atoms with Gasteiger partial charge in [-0.05, 0) is 35.9 Å². The van der Waals surface area contributed by atoms with E-state index < -0.39 is 17.8 Å². The molecule has 9 heteroatoms. The molecule has 2 aromatic carbocycles. The zero-order chi connectivity index (χ0) is 19.4. The van der Waals surface area contributed by atoms with Crippen LogP contribution in [0.1, 0.15) is 11.1 Å². The fourth-order valence-corrected chi connectivity index (χ4v) is 2.60. The third-order valence-electron chi connectivity index (χ3n) is 3.57. The average Bonchev–Trinajstić information content (AvgIpc) is 3.01. The smallest absolute Gasteiger partial charge is 0.308 e. The summed E-state index contributed by atoms with van der Waals surface area (Å²) in [5.41, 5.74) is 0.659. The fourth-order valence-electron chi connectivity index (χ4n) is 2.41. The minimum Gasteiger partial charge on any atom is -0.308 e. The van der Waals surface area contributed by atoms with E-state index in [4.69, 9.17) is 11.6 Å². The molecule has 0 aliphatic heterocycles. The number of aromatic nitrogens is 2. The summed E-state index contributed by atoms with van der Waals surface area (Å²) in [7, 11) is 0. The largest absolute Gasteiger partial charge is 0.416 e. The molecule has 0 saturated carbocycles. The third kappa shape index (κ3) is 5.24. The van der Waals surface area contributed by atoms with Crippen LogP contribution in [-0.4, -0.2) is 15.8 Å². The molecule has 0 aliphatic rings. The van der Waals surface area contributed by atoms with Gasteiger partial charge < -0.3 is 10.6 Å². The van der Waals surface area contributed by atoms with Crippen molar-refractivity contribution in [2.75, 3.05) is 10.6 Å². The van der Waals surface area contributed by atoms with Crippen molar-refractivity contribution in [3.63, 3.8) is 0 Å². The predicted molar refractivity (Wildman–Crippen MR) is 96.9 cm³/mol. The Bertz CT molecular complexity index is 956. The maximum Gasteiger partial charge on any atom is 0.416 e. The first kappa shape index (κ1) is 18.8. The highest BCUT2D eigenvalue weighted by atomic mass is 35.5. The second kappa shape index (κ2) is 7.71. The van der Waals surface area contributed by atoms with E-state index in [1.807, 2.05) is 0 Å². The second-order valence-corrected chi connectivity index (χ2v) is 6.15. The first-order valence-corrected chi connectivity index (χ1v) is 8.19. The van der Waals surface area contributed by atoms with Crippen LogP contribution in [0.25, 0.3) is 0 Å². The van der Waals surface area contributed by atoms with Gasteiger partial charge in [-0.15, -0.1) is 0 Å². The molecule has 3 aromatic rings. The van der Waals surface area contributed by atoms with Gasteiger partial charge in [-0.1, -0.05) is 29.8 Å². The number of nitrogens with one attached hydrogen (secondary N) is 2. The second-order valence-electron chi connectivity index (χ2n) is 5.71. The van der Waals surface area contributed by atoms with Gasteiger partial charge in [0.2, 0.25) is 0 Å². The monoisotopic (exact) mass is 394 g/mol. The predicted octanol–water partition coefficient (Wildman–Crippen LogP) is 5.25. The molecule has 0 saturated heterocycles. The minimum atomic E-state index is -4.40. The molecule has 0 spiro atoms. The Hall–Kier alpha value is -3.00. The van der Waals surface area contributed by atoms with E-state index >= 15 is 0 Å². The molecule has 0 unspecified atom stereocenters. The van der Waals surface area contributed by atoms with Gasteiger partial charge in [-0.3, -0.25) is 4.68 Å². The van der Waals surface area contributed by atoms with Crippen molar-refractivity contribution in [2.45, 2.75) is 12.7 Å². The number of nitrogens with zero attached hydrogens (tertiary/aromatic N) is 2. The van der Waals surface area contributed by atoms with Crippen LogP contribution in [0.4, 0.5) is 29.3 Å². The molecule has 0 bridgehead atoms. The van der Waals surface area contributed by atoms with Gasteiger partial charge in [0.1, 0.15) is 0 Å². The molecule has 2 amide bonds. The maximum absolute atomic E-state index is 12.8. The highest BCUT2D eigenvalue weighted by molar-refractivity contribution is 6.30. The van der Waals surface area contributed by atoms with Crippen molar-refractivity contribution in [1.29, 1.82) is 0 Å². The van der Waals surface area contributed by atoms with Gasteiger partial charge in [0.15, 0.2) is 0 Å². The number of hydrogen-bond donors (Lipinski definition) is 2. The lowest BCUT2D eigenvalue weighted by Gasteiger charge is -2.09. The van der Waals surface area contributed by atoms with Crippen molar-refractivity contribution >= 4 is 29.0 Å². The molecule has 140 valence electrons. The number of urea groups is 1. The lowest BCUT2D eigenvalue weighted by molar-refractivity contribution is -0.137. The van der Waals surface area contributed by atoms with E-state index in [0.717, 1.165) is 12.1 Å². The first-order chi connectivity index (χ1) is 12.8. The number of rotatable bonds is 4. The number of halogens is 4. The van der Waals surface area contributed by atoms with E-state index in [9.17, 15) is 18.0 Å². The van der Waals surface area contributed by atoms with E-state index in [2.05, 4.69) is 15.7 Å². The molecule has 0 atom stereocenters. The lowest BCUT2D eigenvalue weighted by atomic mass is 10.1. The SMILES string of the molecule is O=C(Nc1cccc(Cl)c1)Nc1cnn(Cc2cccc(C(F)(F)F)c2)c1. The Balaban J connectivity index is 1.62. The van der Waals surface area contributed by atoms with Crippen LogP contribution < -0.4 is 10.6 Å². The van der Waals surface area contributed by atoms with Crippen molar-refractivity contribution in [3.8, 4) is 0 Å². The third-order valence-corrected chi connectivity index (χ3v) is 3.81. The summed E-state index contributed by atoms with van der Waals surface area (Å²) in [4.78, 5) is 12.0. The van der Waals surface area contributed by atoms with Gasteiger partial charge in [0.25, 0.3) is 0 Å². The molecule has 3 rings (SSSR count). The van der Waals surface area contributed by atoms with Crippen molar-refractivity contribution in [3.05, 3.63) is 77.1 Å². The van der Waals surface area contributed by atoms with Crippen LogP contribution >= 0.6 is 11.6 Å². The maximum atomic E-state index is 12.8. The van der Waals surface area contributed by atoms with Crippen molar-refractivity contribution < 1.29 is 18.0 Å². The number of carbonyl (C=O) groups is 1. The standard InChI is InChI=1S/C18H14ClF3N4O/c19-14-5-2-6-15(8-14)24-17(27)25-16-9-23-26(11-16)10-12-3-1-4-13(7-12)18(20,21)22/h1-9,11H,10H2,(H2,24,25,27). The highest BCUT2D eigenvalue weighted by Gasteiger charge is 2.30. The molecular weight excluding hydrogens is 381 g/mol. The molecule has 0 fully saturated rings. The number of carbonyl (C=O) groups excluding carboxylic acids is 1. The minimum absolute atomic E-state index is 0.140. The van der Waals surface area contributed by atoms with Crippen LogP contribution in [0, 0.1) is 0 Å². The van der Waals surface area contributed by atoms with E-state index in [1.165, 1.54) is 23.1 Å². The number of anilines is 2. The summed E-state index contributed by atoms with van der Waals surface area (Å²) in [6.07, 6.45) is -1.46. The molecule has 5 nitrogen and oxygen atoms in total. The number of hydrogen-bond acceptors (Lipinski definition) is 2. The Morgan fingerprint density at radius 2 is 1.81 bits per heavy atom. The molecule has 1 heterocycles. The zero-order valence-electron chi connectivity index (χ0n) is 13.8. The molecule has 0 radical (unpaired) electrons. The summed E-state index contributed by atoms with van der Waals surface area (Å²) in [5.74, 6) is 0. The Labute approximate surface area is 157 Å². The van der Waals surface area contributed by atoms with Gasteiger partial charge in [-0.2, -0.15) is 18.3 Å². The molecule has 0 aliphatic carbocycles. The van der Waals surface area contributed by atoms with Crippen molar-refractivity contribution in [1.82, 2.24) is 9.78 Å². The summed E-state index contributed by atoms with van der Waals surface area (Å²) >= 11 is 5.85. The summed E-state index contributed by atoms with van der Waals surface area (Å²) in [6.45, 7) is 0.140. The van der Waals surface area contributed by atoms with Crippen LogP contribution in [0.3, 0.4) is 0 Å². The quantitative estimate of drug-likeness (QED) is 0.635. The number of benzene rings is 2. The number of amides is 2. The lowest BCUT2D eigenvalue weighted by Crippen LogP contribution is -2.19. The molecular formula is C18H14ClF3N4O. The molecule has 2 N–H and O–H groups in total.